The molecule has 1 aromatic carbocycles. The first-order chi connectivity index (χ1) is 9.95. The number of hydrogen-bond donors (Lipinski definition) is 2. The highest BCUT2D eigenvalue weighted by atomic mass is 16.2. The first-order valence-electron chi connectivity index (χ1n) is 7.60. The van der Waals surface area contributed by atoms with Crippen molar-refractivity contribution in [2.24, 2.45) is 11.3 Å². The van der Waals surface area contributed by atoms with Gasteiger partial charge in [-0.3, -0.25) is 9.59 Å². The number of benzene rings is 1. The maximum absolute atomic E-state index is 12.4. The molecule has 1 fully saturated rings. The Labute approximate surface area is 126 Å². The van der Waals surface area contributed by atoms with Gasteiger partial charge < -0.3 is 10.6 Å². The fraction of sp³-hybridized carbons (Fsp3) is 0.529. The van der Waals surface area contributed by atoms with E-state index in [9.17, 15) is 9.59 Å². The predicted octanol–water partition coefficient (Wildman–Crippen LogP) is 2.42. The molecule has 4 heteroatoms. The zero-order valence-electron chi connectivity index (χ0n) is 13.0. The van der Waals surface area contributed by atoms with Crippen molar-refractivity contribution in [3.05, 3.63) is 35.9 Å². The molecule has 1 atom stereocenters. The summed E-state index contributed by atoms with van der Waals surface area (Å²) in [6.45, 7) is 6.63. The van der Waals surface area contributed by atoms with E-state index < -0.39 is 5.41 Å². The molecule has 2 amide bonds. The molecule has 21 heavy (non-hydrogen) atoms. The summed E-state index contributed by atoms with van der Waals surface area (Å²) in [5.74, 6) is 0.102. The monoisotopic (exact) mass is 288 g/mol. The minimum atomic E-state index is -0.835. The van der Waals surface area contributed by atoms with Crippen LogP contribution in [0.5, 0.6) is 0 Å². The van der Waals surface area contributed by atoms with Gasteiger partial charge in [-0.1, -0.05) is 44.2 Å². The number of hydrogen-bond acceptors (Lipinski definition) is 2. The van der Waals surface area contributed by atoms with Gasteiger partial charge in [0, 0.05) is 6.54 Å². The number of amides is 2. The van der Waals surface area contributed by atoms with Crippen LogP contribution in [0, 0.1) is 11.3 Å². The minimum absolute atomic E-state index is 0.0888. The Kier molecular flexibility index (Phi) is 4.66. The Balaban J connectivity index is 1.95. The van der Waals surface area contributed by atoms with Gasteiger partial charge in [0.1, 0.15) is 5.41 Å². The lowest BCUT2D eigenvalue weighted by atomic mass is 10.0. The molecule has 2 N–H and O–H groups in total. The van der Waals surface area contributed by atoms with Crippen LogP contribution in [0.25, 0.3) is 0 Å². The van der Waals surface area contributed by atoms with E-state index >= 15 is 0 Å². The molecule has 1 aliphatic carbocycles. The predicted molar refractivity (Wildman–Crippen MR) is 82.5 cm³/mol. The van der Waals surface area contributed by atoms with E-state index in [1.807, 2.05) is 51.1 Å². The molecular formula is C17H24N2O2. The summed E-state index contributed by atoms with van der Waals surface area (Å²) in [5.41, 5.74) is 0.210. The summed E-state index contributed by atoms with van der Waals surface area (Å²) in [5, 5.41) is 5.85. The van der Waals surface area contributed by atoms with E-state index in [2.05, 4.69) is 10.6 Å². The lowest BCUT2D eigenvalue weighted by Crippen LogP contribution is -2.44. The molecule has 0 spiro atoms. The van der Waals surface area contributed by atoms with Gasteiger partial charge in [0.2, 0.25) is 11.8 Å². The molecule has 0 aliphatic heterocycles. The van der Waals surface area contributed by atoms with Gasteiger partial charge in [0.15, 0.2) is 0 Å². The third-order valence-electron chi connectivity index (χ3n) is 3.94. The Morgan fingerprint density at radius 1 is 1.10 bits per heavy atom. The minimum Gasteiger partial charge on any atom is -0.355 e. The van der Waals surface area contributed by atoms with Gasteiger partial charge in [-0.2, -0.15) is 0 Å². The smallest absolute Gasteiger partial charge is 0.236 e. The van der Waals surface area contributed by atoms with Crippen molar-refractivity contribution in [2.75, 3.05) is 6.54 Å². The van der Waals surface area contributed by atoms with Crippen LogP contribution < -0.4 is 10.6 Å². The van der Waals surface area contributed by atoms with E-state index in [4.69, 9.17) is 0 Å². The van der Waals surface area contributed by atoms with Crippen molar-refractivity contribution in [1.82, 2.24) is 10.6 Å². The van der Waals surface area contributed by atoms with E-state index in [1.54, 1.807) is 0 Å². The fourth-order valence-electron chi connectivity index (χ4n) is 2.31. The first-order valence-corrected chi connectivity index (χ1v) is 7.60. The topological polar surface area (TPSA) is 58.2 Å². The van der Waals surface area contributed by atoms with Crippen molar-refractivity contribution in [2.45, 2.75) is 39.7 Å². The summed E-state index contributed by atoms with van der Waals surface area (Å²) >= 11 is 0. The van der Waals surface area contributed by atoms with E-state index in [0.29, 0.717) is 25.3 Å². The number of carbonyl (C=O) groups is 2. The van der Waals surface area contributed by atoms with Crippen LogP contribution in [0.1, 0.15) is 45.2 Å². The summed E-state index contributed by atoms with van der Waals surface area (Å²) in [7, 11) is 0. The summed E-state index contributed by atoms with van der Waals surface area (Å²) < 4.78 is 0. The second kappa shape index (κ2) is 6.29. The molecule has 114 valence electrons. The average Bonchev–Trinajstić information content (AvgIpc) is 3.27. The van der Waals surface area contributed by atoms with Crippen LogP contribution >= 0.6 is 0 Å². The lowest BCUT2D eigenvalue weighted by Gasteiger charge is -2.20. The van der Waals surface area contributed by atoms with Gasteiger partial charge in [-0.15, -0.1) is 0 Å². The number of carbonyl (C=O) groups excluding carboxylic acids is 2. The van der Waals surface area contributed by atoms with Crippen LogP contribution in [0.3, 0.4) is 0 Å². The Hall–Kier alpha value is -1.84. The van der Waals surface area contributed by atoms with Crippen molar-refractivity contribution < 1.29 is 9.59 Å². The molecule has 0 heterocycles. The van der Waals surface area contributed by atoms with Crippen molar-refractivity contribution in [1.29, 1.82) is 0 Å². The third kappa shape index (κ3) is 3.63. The second-order valence-corrected chi connectivity index (χ2v) is 6.29. The Bertz CT molecular complexity index is 507. The maximum atomic E-state index is 12.4. The molecule has 0 bridgehead atoms. The molecule has 4 nitrogen and oxygen atoms in total. The van der Waals surface area contributed by atoms with Crippen molar-refractivity contribution in [3.8, 4) is 0 Å². The van der Waals surface area contributed by atoms with Crippen LogP contribution in [-0.2, 0) is 9.59 Å². The Morgan fingerprint density at radius 2 is 1.71 bits per heavy atom. The zero-order chi connectivity index (χ0) is 15.5. The maximum Gasteiger partial charge on any atom is 0.236 e. The largest absolute Gasteiger partial charge is 0.355 e. The van der Waals surface area contributed by atoms with Crippen LogP contribution in [0.4, 0.5) is 0 Å². The molecule has 1 aromatic rings. The van der Waals surface area contributed by atoms with Crippen LogP contribution in [0.15, 0.2) is 30.3 Å². The second-order valence-electron chi connectivity index (χ2n) is 6.29. The van der Waals surface area contributed by atoms with E-state index in [0.717, 1.165) is 5.56 Å². The standard InChI is InChI=1S/C17H24N2O2/c1-12(2)11-18-15(20)17(9-10-17)16(21)19-13(3)14-7-5-4-6-8-14/h4-8,12-13H,9-11H2,1-3H3,(H,18,20)(H,19,21). The molecule has 1 aliphatic rings. The fourth-order valence-corrected chi connectivity index (χ4v) is 2.31. The molecule has 0 saturated heterocycles. The normalized spacial score (nSPS) is 17.1. The molecule has 1 unspecified atom stereocenters. The average molecular weight is 288 g/mol. The third-order valence-corrected chi connectivity index (χ3v) is 3.94. The van der Waals surface area contributed by atoms with E-state index in [1.165, 1.54) is 0 Å². The number of rotatable bonds is 6. The first kappa shape index (κ1) is 15.5. The van der Waals surface area contributed by atoms with Crippen LogP contribution in [-0.4, -0.2) is 18.4 Å². The quantitative estimate of drug-likeness (QED) is 0.790. The molecular weight excluding hydrogens is 264 g/mol. The summed E-state index contributed by atoms with van der Waals surface area (Å²) in [6, 6.07) is 9.70. The van der Waals surface area contributed by atoms with Crippen molar-refractivity contribution in [3.63, 3.8) is 0 Å². The molecule has 0 radical (unpaired) electrons. The molecule has 0 aromatic heterocycles. The summed E-state index contributed by atoms with van der Waals surface area (Å²) in [4.78, 5) is 24.6. The van der Waals surface area contributed by atoms with Gasteiger partial charge in [0.25, 0.3) is 0 Å². The van der Waals surface area contributed by atoms with Crippen molar-refractivity contribution >= 4 is 11.8 Å². The highest BCUT2D eigenvalue weighted by molar-refractivity contribution is 6.07. The lowest BCUT2D eigenvalue weighted by molar-refractivity contribution is -0.137. The SMILES string of the molecule is CC(C)CNC(=O)C1(C(=O)NC(C)c2ccccc2)CC1. The zero-order valence-corrected chi connectivity index (χ0v) is 13.0. The molecule has 1 saturated carbocycles. The van der Waals surface area contributed by atoms with Gasteiger partial charge in [-0.25, -0.2) is 0 Å². The Morgan fingerprint density at radius 3 is 2.24 bits per heavy atom. The van der Waals surface area contributed by atoms with E-state index in [-0.39, 0.29) is 17.9 Å². The highest BCUT2D eigenvalue weighted by Gasteiger charge is 2.56. The highest BCUT2D eigenvalue weighted by Crippen LogP contribution is 2.46. The summed E-state index contributed by atoms with van der Waals surface area (Å²) in [6.07, 6.45) is 1.29. The number of nitrogens with one attached hydrogen (secondary N) is 2. The van der Waals surface area contributed by atoms with Crippen LogP contribution in [0.2, 0.25) is 0 Å². The van der Waals surface area contributed by atoms with Gasteiger partial charge >= 0.3 is 0 Å². The van der Waals surface area contributed by atoms with Gasteiger partial charge in [-0.05, 0) is 31.2 Å². The molecule has 2 rings (SSSR count). The van der Waals surface area contributed by atoms with Gasteiger partial charge in [0.05, 0.1) is 6.04 Å².